The average Bonchev–Trinajstić information content (AvgIpc) is 3.54. The maximum Gasteiger partial charge on any atom is 0.120 e. The fourth-order valence-corrected chi connectivity index (χ4v) is 10.5. The van der Waals surface area contributed by atoms with Crippen LogP contribution < -0.4 is 4.40 Å². The number of pyridine rings is 2. The molecule has 4 aromatic carbocycles. The number of furan rings is 1. The second kappa shape index (κ2) is 16.0. The predicted octanol–water partition coefficient (Wildman–Crippen LogP) is 11.6. The van der Waals surface area contributed by atoms with Crippen LogP contribution in [0.1, 0.15) is 46.0 Å². The minimum Gasteiger partial charge on any atom is -0.501 e. The fourth-order valence-electron chi connectivity index (χ4n) is 6.92. The molecule has 0 unspecified atom stereocenters. The summed E-state index contributed by atoms with van der Waals surface area (Å²) in [5.74, 6) is 7.26. The largest absolute Gasteiger partial charge is 0.501 e. The molecule has 1 radical (unpaired) electrons. The van der Waals surface area contributed by atoms with E-state index in [0.717, 1.165) is 70.0 Å². The molecule has 7 aromatic rings. The summed E-state index contributed by atoms with van der Waals surface area (Å²) in [5.41, 5.74) is 9.52. The zero-order chi connectivity index (χ0) is 35.6. The van der Waals surface area contributed by atoms with Gasteiger partial charge in [0.05, 0.1) is 5.58 Å². The Morgan fingerprint density at radius 3 is 2.32 bits per heavy atom. The quantitative estimate of drug-likeness (QED) is 0.123. The van der Waals surface area contributed by atoms with E-state index in [2.05, 4.69) is 88.9 Å². The van der Waals surface area contributed by atoms with Crippen LogP contribution in [-0.4, -0.2) is 23.2 Å². The van der Waals surface area contributed by atoms with Gasteiger partial charge in [-0.1, -0.05) is 91.1 Å². The topological polar surface area (TPSA) is 38.9 Å². The van der Waals surface area contributed by atoms with Gasteiger partial charge in [0.25, 0.3) is 0 Å². The van der Waals surface area contributed by atoms with E-state index in [1.54, 1.807) is 6.20 Å². The SMILES string of the molecule is Cc1cc(-c2[c-]cccc2)nc[c]1[Ge]([CH3])([CH3])[CH3].[2H]C([2H])(c1ccnc(-c2[c-]ccc3c2oc2ccc(-c4ccccc4)cc23)c1)C1CCCCC1.[Ir]. The molecule has 1 aliphatic carbocycles. The van der Waals surface area contributed by atoms with Gasteiger partial charge < -0.3 is 9.40 Å². The second-order valence-electron chi connectivity index (χ2n) is 14.1. The molecule has 0 amide bonds. The van der Waals surface area contributed by atoms with Gasteiger partial charge in [-0.15, -0.1) is 18.2 Å². The van der Waals surface area contributed by atoms with Crippen molar-refractivity contribution in [2.45, 2.75) is 62.7 Å². The Morgan fingerprint density at radius 2 is 1.58 bits per heavy atom. The third-order valence-corrected chi connectivity index (χ3v) is 13.9. The maximum absolute atomic E-state index is 8.88. The van der Waals surface area contributed by atoms with Crippen molar-refractivity contribution in [3.05, 3.63) is 139 Å². The molecule has 3 heterocycles. The van der Waals surface area contributed by atoms with Crippen molar-refractivity contribution in [1.29, 1.82) is 0 Å². The normalized spacial score (nSPS) is 14.3. The minimum absolute atomic E-state index is 0. The Labute approximate surface area is 316 Å². The van der Waals surface area contributed by atoms with Gasteiger partial charge in [0.15, 0.2) is 0 Å². The number of nitrogens with zero attached hydrogens (tertiary/aromatic N) is 2. The van der Waals surface area contributed by atoms with E-state index in [1.807, 2.05) is 66.7 Å². The van der Waals surface area contributed by atoms with Gasteiger partial charge in [0.2, 0.25) is 0 Å². The molecule has 3 aromatic heterocycles. The molecule has 255 valence electrons. The standard InChI is InChI=1S/C30H26NO.C15H18GeN.Ir/c1-3-8-21(9-4-1)18-22-16-17-31-28(19-22)26-13-7-12-25-27-20-24(23-10-5-2-6-11-23)14-15-29(27)32-30(25)26;1-12-10-15(13-8-6-5-7-9-13)17-11-14(12)16(2,3)4;/h2,5-7,10-12,14-17,19-21H,1,3-4,8-9,18H2;5-8,10-11H,1-4H3;/q2*-1;/i18D2;;. The molecule has 1 fully saturated rings. The fraction of sp³-hybridized carbons (Fsp3) is 0.244. The molecule has 3 nitrogen and oxygen atoms in total. The zero-order valence-electron chi connectivity index (χ0n) is 31.2. The summed E-state index contributed by atoms with van der Waals surface area (Å²) >= 11 is -1.77. The number of fused-ring (bicyclic) bond motifs is 3. The first-order chi connectivity index (χ1) is 24.6. The Bertz CT molecular complexity index is 2280. The van der Waals surface area contributed by atoms with Gasteiger partial charge in [0, 0.05) is 34.4 Å². The predicted molar refractivity (Wildman–Crippen MR) is 208 cm³/mol. The molecular weight excluding hydrogens is 849 g/mol. The molecule has 5 heteroatoms. The number of benzene rings is 4. The molecule has 1 saturated carbocycles. The van der Waals surface area contributed by atoms with Crippen LogP contribution in [0.4, 0.5) is 0 Å². The number of aryl methyl sites for hydroxylation is 1. The van der Waals surface area contributed by atoms with E-state index in [1.165, 1.54) is 21.9 Å². The molecule has 0 spiro atoms. The average molecular weight is 896 g/mol. The number of hydrogen-bond donors (Lipinski definition) is 0. The Hall–Kier alpha value is -3.83. The van der Waals surface area contributed by atoms with Gasteiger partial charge in [0.1, 0.15) is 5.58 Å². The first-order valence-electron chi connectivity index (χ1n) is 18.4. The van der Waals surface area contributed by atoms with Gasteiger partial charge in [-0.05, 0) is 47.3 Å². The molecule has 0 saturated heterocycles. The first-order valence-corrected chi connectivity index (χ1v) is 24.8. The van der Waals surface area contributed by atoms with E-state index in [4.69, 9.17) is 7.16 Å². The van der Waals surface area contributed by atoms with Crippen molar-refractivity contribution < 1.29 is 27.3 Å². The van der Waals surface area contributed by atoms with Crippen LogP contribution in [0.2, 0.25) is 17.3 Å². The summed E-state index contributed by atoms with van der Waals surface area (Å²) in [4.78, 5) is 9.19. The van der Waals surface area contributed by atoms with Crippen LogP contribution in [0, 0.1) is 25.0 Å². The van der Waals surface area contributed by atoms with Gasteiger partial charge in [-0.3, -0.25) is 0 Å². The van der Waals surface area contributed by atoms with Crippen LogP contribution in [0.3, 0.4) is 0 Å². The minimum atomic E-state index is -1.77. The monoisotopic (exact) mass is 897 g/mol. The van der Waals surface area contributed by atoms with Crippen LogP contribution >= 0.6 is 0 Å². The molecule has 8 rings (SSSR count). The van der Waals surface area contributed by atoms with E-state index in [9.17, 15) is 0 Å². The van der Waals surface area contributed by atoms with Gasteiger partial charge >= 0.3 is 106 Å². The van der Waals surface area contributed by atoms with Crippen LogP contribution in [-0.2, 0) is 26.5 Å². The van der Waals surface area contributed by atoms with Crippen molar-refractivity contribution in [2.75, 3.05) is 0 Å². The van der Waals surface area contributed by atoms with Gasteiger partial charge in [-0.25, -0.2) is 0 Å². The maximum atomic E-state index is 8.88. The summed E-state index contributed by atoms with van der Waals surface area (Å²) in [5, 5.41) is 2.07. The summed E-state index contributed by atoms with van der Waals surface area (Å²) in [6, 6.07) is 41.0. The third kappa shape index (κ3) is 8.20. The van der Waals surface area contributed by atoms with Crippen molar-refractivity contribution in [3.63, 3.8) is 0 Å². The van der Waals surface area contributed by atoms with Crippen molar-refractivity contribution >= 4 is 39.6 Å². The Morgan fingerprint density at radius 1 is 0.780 bits per heavy atom. The number of aromatic nitrogens is 2. The summed E-state index contributed by atoms with van der Waals surface area (Å²) in [7, 11) is 0. The van der Waals surface area contributed by atoms with Crippen LogP contribution in [0.25, 0.3) is 55.6 Å². The second-order valence-corrected chi connectivity index (χ2v) is 24.7. The molecule has 1 aliphatic rings. The Balaban J connectivity index is 0.000000218. The molecule has 50 heavy (non-hydrogen) atoms. The van der Waals surface area contributed by atoms with Crippen molar-refractivity contribution in [2.24, 2.45) is 5.92 Å². The van der Waals surface area contributed by atoms with E-state index in [0.29, 0.717) is 11.3 Å². The van der Waals surface area contributed by atoms with E-state index >= 15 is 0 Å². The van der Waals surface area contributed by atoms with Crippen molar-refractivity contribution in [1.82, 2.24) is 9.97 Å². The molecule has 0 bridgehead atoms. The third-order valence-electron chi connectivity index (χ3n) is 9.43. The Kier molecular flexibility index (Phi) is 10.7. The van der Waals surface area contributed by atoms with Crippen LogP contribution in [0.15, 0.2) is 120 Å². The van der Waals surface area contributed by atoms with Crippen LogP contribution in [0.5, 0.6) is 0 Å². The van der Waals surface area contributed by atoms with Crippen molar-refractivity contribution in [3.8, 4) is 33.6 Å². The number of rotatable bonds is 6. The zero-order valence-corrected chi connectivity index (χ0v) is 33.7. The number of hydrogen-bond acceptors (Lipinski definition) is 3. The summed E-state index contributed by atoms with van der Waals surface area (Å²) in [6.45, 7) is 2.19. The van der Waals surface area contributed by atoms with E-state index < -0.39 is 19.6 Å². The summed E-state index contributed by atoms with van der Waals surface area (Å²) < 4.78 is 25.6. The molecule has 0 N–H and O–H groups in total. The van der Waals surface area contributed by atoms with Gasteiger partial charge in [-0.2, -0.15) is 0 Å². The smallest absolute Gasteiger partial charge is 0.120 e. The van der Waals surface area contributed by atoms with E-state index in [-0.39, 0.29) is 26.0 Å². The summed E-state index contributed by atoms with van der Waals surface area (Å²) in [6.07, 6.45) is 7.74. The molecule has 0 aliphatic heterocycles. The molecule has 0 atom stereocenters. The first kappa shape index (κ1) is 33.3. The molecular formula is C45H44GeIrN2O-2.